The summed E-state index contributed by atoms with van der Waals surface area (Å²) in [7, 11) is 1.42. The third kappa shape index (κ3) is 5.18. The fraction of sp³-hybridized carbons (Fsp3) is 0.286. The number of fused-ring (bicyclic) bond motifs is 1. The summed E-state index contributed by atoms with van der Waals surface area (Å²) in [6, 6.07) is 12.4. The lowest BCUT2D eigenvalue weighted by Gasteiger charge is -2.38. The van der Waals surface area contributed by atoms with Gasteiger partial charge in [-0.15, -0.1) is 0 Å². The number of carbonyl (C=O) groups excluding carboxylic acids is 2. The first-order valence-corrected chi connectivity index (χ1v) is 12.6. The van der Waals surface area contributed by atoms with Crippen LogP contribution in [-0.4, -0.2) is 43.4 Å². The first-order valence-electron chi connectivity index (χ1n) is 11.9. The van der Waals surface area contributed by atoms with E-state index in [9.17, 15) is 27.9 Å². The van der Waals surface area contributed by atoms with E-state index in [-0.39, 0.29) is 40.8 Å². The average molecular weight is 582 g/mol. The molecule has 1 aliphatic heterocycles. The Morgan fingerprint density at radius 1 is 1.13 bits per heavy atom. The molecule has 0 radical (unpaired) electrons. The summed E-state index contributed by atoms with van der Waals surface area (Å²) < 4.78 is 54.2. The van der Waals surface area contributed by atoms with Crippen molar-refractivity contribution in [1.82, 2.24) is 0 Å². The maximum atomic E-state index is 14.6. The number of alkyl halides is 3. The van der Waals surface area contributed by atoms with E-state index in [0.717, 1.165) is 12.1 Å². The van der Waals surface area contributed by atoms with E-state index in [1.165, 1.54) is 49.2 Å². The lowest BCUT2D eigenvalue weighted by molar-refractivity contribution is -0.274. The van der Waals surface area contributed by atoms with Gasteiger partial charge < -0.3 is 19.5 Å². The van der Waals surface area contributed by atoms with Crippen molar-refractivity contribution in [3.63, 3.8) is 0 Å². The molecule has 1 aliphatic rings. The second-order valence-corrected chi connectivity index (χ2v) is 9.90. The molecular formula is C28H24Cl2F3NO5. The molecule has 1 N–H and O–H groups in total. The van der Waals surface area contributed by atoms with Gasteiger partial charge in [-0.3, -0.25) is 4.79 Å². The molecule has 1 heterocycles. The minimum Gasteiger partial charge on any atom is -0.482 e. The predicted octanol–water partition coefficient (Wildman–Crippen LogP) is 6.75. The van der Waals surface area contributed by atoms with E-state index in [0.29, 0.717) is 16.1 Å². The van der Waals surface area contributed by atoms with E-state index in [1.54, 1.807) is 19.1 Å². The van der Waals surface area contributed by atoms with Crippen LogP contribution in [0.5, 0.6) is 5.75 Å². The van der Waals surface area contributed by atoms with Crippen LogP contribution in [0.3, 0.4) is 0 Å². The number of hydrogen-bond donors (Lipinski definition) is 1. The highest BCUT2D eigenvalue weighted by molar-refractivity contribution is 6.32. The number of benzene rings is 3. The average Bonchev–Trinajstić information content (AvgIpc) is 2.89. The normalized spacial score (nSPS) is 15.7. The zero-order valence-electron chi connectivity index (χ0n) is 21.1. The van der Waals surface area contributed by atoms with Crippen molar-refractivity contribution in [1.29, 1.82) is 0 Å². The van der Waals surface area contributed by atoms with Crippen molar-refractivity contribution < 1.29 is 37.3 Å². The Bertz CT molecular complexity index is 1450. The number of esters is 1. The number of nitrogens with zero attached hydrogens (tertiary/aromatic N) is 1. The van der Waals surface area contributed by atoms with E-state index in [4.69, 9.17) is 32.7 Å². The quantitative estimate of drug-likeness (QED) is 0.326. The van der Waals surface area contributed by atoms with Gasteiger partial charge in [0.1, 0.15) is 5.75 Å². The fourth-order valence-electron chi connectivity index (χ4n) is 4.59. The largest absolute Gasteiger partial charge is 0.482 e. The third-order valence-electron chi connectivity index (χ3n) is 6.80. The Morgan fingerprint density at radius 3 is 2.49 bits per heavy atom. The Hall–Kier alpha value is -3.27. The first-order chi connectivity index (χ1) is 18.3. The monoisotopic (exact) mass is 581 g/mol. The zero-order valence-corrected chi connectivity index (χ0v) is 22.6. The van der Waals surface area contributed by atoms with Crippen molar-refractivity contribution in [2.75, 3.05) is 25.2 Å². The number of aliphatic hydroxyl groups is 1. The summed E-state index contributed by atoms with van der Waals surface area (Å²) >= 11 is 12.6. The van der Waals surface area contributed by atoms with Crippen LogP contribution in [-0.2, 0) is 15.1 Å². The molecule has 6 nitrogen and oxygen atoms in total. The van der Waals surface area contributed by atoms with Gasteiger partial charge in [0, 0.05) is 23.0 Å². The molecule has 0 bridgehead atoms. The molecule has 4 rings (SSSR count). The molecule has 2 atom stereocenters. The molecule has 11 heteroatoms. The molecule has 3 aromatic carbocycles. The standard InChI is InChI=1S/C28H24Cl2F3NO5/c1-4-38-26(36)21-13-18(29)7-9-20(21)16-5-8-19(22(30)11-16)15(2)27(37,28(31,32)33)17-6-10-24-23(12-17)34(3)25(35)14-39-24/h5-13,15,37H,4,14H2,1-3H3. The highest BCUT2D eigenvalue weighted by Gasteiger charge is 2.59. The molecule has 2 unspecified atom stereocenters. The SMILES string of the molecule is CCOC(=O)c1cc(Cl)ccc1-c1ccc(C(C)C(O)(c2ccc3c(c2)N(C)C(=O)CO3)C(F)(F)F)c(Cl)c1. The minimum absolute atomic E-state index is 0.0188. The van der Waals surface area contributed by atoms with Crippen LogP contribution in [0.1, 0.15) is 41.3 Å². The van der Waals surface area contributed by atoms with Crippen molar-refractivity contribution >= 4 is 40.8 Å². The number of carbonyl (C=O) groups is 2. The van der Waals surface area contributed by atoms with Gasteiger partial charge in [-0.2, -0.15) is 13.2 Å². The first kappa shape index (κ1) is 28.7. The molecule has 39 heavy (non-hydrogen) atoms. The molecule has 0 spiro atoms. The Labute approximate surface area is 232 Å². The number of anilines is 1. The minimum atomic E-state index is -5.12. The number of amides is 1. The zero-order chi connectivity index (χ0) is 28.7. The number of ether oxygens (including phenoxy) is 2. The summed E-state index contributed by atoms with van der Waals surface area (Å²) in [5, 5.41) is 11.6. The summed E-state index contributed by atoms with van der Waals surface area (Å²) in [4.78, 5) is 25.7. The molecule has 0 fully saturated rings. The van der Waals surface area contributed by atoms with Crippen molar-refractivity contribution in [2.24, 2.45) is 0 Å². The van der Waals surface area contributed by atoms with E-state index >= 15 is 0 Å². The van der Waals surface area contributed by atoms with Gasteiger partial charge in [-0.25, -0.2) is 4.79 Å². The van der Waals surface area contributed by atoms with Gasteiger partial charge in [0.2, 0.25) is 0 Å². The Morgan fingerprint density at radius 2 is 1.85 bits per heavy atom. The highest BCUT2D eigenvalue weighted by Crippen LogP contribution is 2.51. The molecular weight excluding hydrogens is 558 g/mol. The predicted molar refractivity (Wildman–Crippen MR) is 142 cm³/mol. The lowest BCUT2D eigenvalue weighted by Crippen LogP contribution is -2.47. The van der Waals surface area contributed by atoms with Crippen molar-refractivity contribution in [3.8, 4) is 16.9 Å². The molecule has 206 valence electrons. The summed E-state index contributed by atoms with van der Waals surface area (Å²) in [6.45, 7) is 2.76. The number of halogens is 5. The van der Waals surface area contributed by atoms with Crippen LogP contribution in [0.4, 0.5) is 18.9 Å². The second kappa shape index (κ2) is 10.7. The van der Waals surface area contributed by atoms with E-state index in [2.05, 4.69) is 0 Å². The van der Waals surface area contributed by atoms with E-state index < -0.39 is 35.1 Å². The maximum absolute atomic E-state index is 14.6. The van der Waals surface area contributed by atoms with Crippen LogP contribution >= 0.6 is 23.2 Å². The van der Waals surface area contributed by atoms with Gasteiger partial charge in [0.05, 0.1) is 17.9 Å². The molecule has 0 aliphatic carbocycles. The van der Waals surface area contributed by atoms with Gasteiger partial charge in [-0.1, -0.05) is 54.4 Å². The summed E-state index contributed by atoms with van der Waals surface area (Å²) in [5.41, 5.74) is -2.69. The smallest absolute Gasteiger partial charge is 0.422 e. The van der Waals surface area contributed by atoms with Crippen LogP contribution in [0.25, 0.3) is 11.1 Å². The van der Waals surface area contributed by atoms with Crippen LogP contribution < -0.4 is 9.64 Å². The summed E-state index contributed by atoms with van der Waals surface area (Å²) in [6.07, 6.45) is -5.12. The van der Waals surface area contributed by atoms with Crippen LogP contribution in [0, 0.1) is 0 Å². The van der Waals surface area contributed by atoms with Gasteiger partial charge >= 0.3 is 12.1 Å². The fourth-order valence-corrected chi connectivity index (χ4v) is 5.10. The van der Waals surface area contributed by atoms with Crippen LogP contribution in [0.2, 0.25) is 10.0 Å². The third-order valence-corrected chi connectivity index (χ3v) is 7.36. The molecule has 0 saturated heterocycles. The van der Waals surface area contributed by atoms with Crippen LogP contribution in [0.15, 0.2) is 54.6 Å². The lowest BCUT2D eigenvalue weighted by atomic mass is 9.77. The number of hydrogen-bond acceptors (Lipinski definition) is 5. The Balaban J connectivity index is 1.79. The molecule has 0 saturated carbocycles. The highest BCUT2D eigenvalue weighted by atomic mass is 35.5. The molecule has 1 amide bonds. The van der Waals surface area contributed by atoms with E-state index in [1.807, 2.05) is 0 Å². The number of rotatable bonds is 6. The topological polar surface area (TPSA) is 76.1 Å². The molecule has 0 aromatic heterocycles. The van der Waals surface area contributed by atoms with Crippen molar-refractivity contribution in [3.05, 3.63) is 81.3 Å². The van der Waals surface area contributed by atoms with Gasteiger partial charge in [0.15, 0.2) is 12.2 Å². The van der Waals surface area contributed by atoms with Gasteiger partial charge in [-0.05, 0) is 59.5 Å². The number of likely N-dealkylation sites (N-methyl/N-ethyl adjacent to an activating group) is 1. The molecule has 3 aromatic rings. The second-order valence-electron chi connectivity index (χ2n) is 9.06. The van der Waals surface area contributed by atoms with Crippen molar-refractivity contribution in [2.45, 2.75) is 31.5 Å². The maximum Gasteiger partial charge on any atom is 0.422 e. The van der Waals surface area contributed by atoms with Gasteiger partial charge in [0.25, 0.3) is 5.91 Å². The Kier molecular flexibility index (Phi) is 7.89. The summed E-state index contributed by atoms with van der Waals surface area (Å²) in [5.74, 6) is -2.40.